The van der Waals surface area contributed by atoms with Gasteiger partial charge in [-0.15, -0.1) is 0 Å². The maximum absolute atomic E-state index is 15.1. The first-order chi connectivity index (χ1) is 12.0. The highest BCUT2D eigenvalue weighted by atomic mass is 32.2. The Morgan fingerprint density at radius 3 is 2.35 bits per heavy atom. The van der Waals surface area contributed by atoms with Gasteiger partial charge in [0, 0.05) is 11.1 Å². The number of hydrogen-bond donors (Lipinski definition) is 1. The van der Waals surface area contributed by atoms with E-state index in [-0.39, 0.29) is 22.5 Å². The molecular formula is C20H24FNO3S. The van der Waals surface area contributed by atoms with Crippen LogP contribution in [-0.2, 0) is 15.4 Å². The highest BCUT2D eigenvalue weighted by Crippen LogP contribution is 2.33. The average Bonchev–Trinajstić information content (AvgIpc) is 2.54. The Bertz CT molecular complexity index is 944. The highest BCUT2D eigenvalue weighted by Gasteiger charge is 2.22. The van der Waals surface area contributed by atoms with Gasteiger partial charge in [0.2, 0.25) is 10.0 Å². The summed E-state index contributed by atoms with van der Waals surface area (Å²) in [6.45, 7) is 9.07. The lowest BCUT2D eigenvalue weighted by Gasteiger charge is -2.21. The largest absolute Gasteiger partial charge is 0.268 e. The van der Waals surface area contributed by atoms with Gasteiger partial charge < -0.3 is 0 Å². The van der Waals surface area contributed by atoms with E-state index >= 15 is 4.39 Å². The number of halogens is 1. The van der Waals surface area contributed by atoms with Gasteiger partial charge in [-0.2, -0.15) is 0 Å². The van der Waals surface area contributed by atoms with E-state index < -0.39 is 15.9 Å². The van der Waals surface area contributed by atoms with E-state index in [0.717, 1.165) is 5.56 Å². The Morgan fingerprint density at radius 2 is 1.77 bits per heavy atom. The second-order valence-corrected chi connectivity index (χ2v) is 9.29. The maximum atomic E-state index is 15.1. The van der Waals surface area contributed by atoms with Gasteiger partial charge in [-0.25, -0.2) is 17.5 Å². The summed E-state index contributed by atoms with van der Waals surface area (Å²) in [5.74, 6) is -1.25. The quantitative estimate of drug-likeness (QED) is 0.869. The first-order valence-corrected chi connectivity index (χ1v) is 10.1. The number of hydrogen-bond acceptors (Lipinski definition) is 3. The first kappa shape index (κ1) is 20.1. The van der Waals surface area contributed by atoms with Gasteiger partial charge in [0.1, 0.15) is 5.82 Å². The number of carbonyl (C=O) groups excluding carboxylic acids is 1. The fraction of sp³-hybridized carbons (Fsp3) is 0.350. The summed E-state index contributed by atoms with van der Waals surface area (Å²) in [5, 5.41) is 0. The van der Waals surface area contributed by atoms with Crippen LogP contribution in [0.2, 0.25) is 0 Å². The van der Waals surface area contributed by atoms with E-state index in [9.17, 15) is 13.2 Å². The molecule has 0 atom stereocenters. The normalized spacial score (nSPS) is 12.1. The van der Waals surface area contributed by atoms with E-state index in [1.54, 1.807) is 24.3 Å². The highest BCUT2D eigenvalue weighted by molar-refractivity contribution is 7.90. The monoisotopic (exact) mass is 377 g/mol. The molecular weight excluding hydrogens is 353 g/mol. The lowest BCUT2D eigenvalue weighted by atomic mass is 9.84. The minimum Gasteiger partial charge on any atom is -0.268 e. The van der Waals surface area contributed by atoms with E-state index in [1.807, 2.05) is 32.4 Å². The van der Waals surface area contributed by atoms with Gasteiger partial charge in [-0.05, 0) is 48.1 Å². The first-order valence-electron chi connectivity index (χ1n) is 8.41. The van der Waals surface area contributed by atoms with Crippen LogP contribution < -0.4 is 4.72 Å². The smallest absolute Gasteiger partial charge is 0.264 e. The van der Waals surface area contributed by atoms with Gasteiger partial charge in [-0.3, -0.25) is 4.79 Å². The molecule has 140 valence electrons. The number of nitrogens with one attached hydrogen (secondary N) is 1. The zero-order valence-electron chi connectivity index (χ0n) is 15.7. The molecule has 0 saturated heterocycles. The topological polar surface area (TPSA) is 63.2 Å². The van der Waals surface area contributed by atoms with Crippen LogP contribution in [0.3, 0.4) is 0 Å². The number of rotatable bonds is 4. The minimum atomic E-state index is -3.66. The minimum absolute atomic E-state index is 0.170. The zero-order valence-corrected chi connectivity index (χ0v) is 16.5. The van der Waals surface area contributed by atoms with Crippen molar-refractivity contribution in [3.05, 3.63) is 58.9 Å². The van der Waals surface area contributed by atoms with Crippen LogP contribution >= 0.6 is 0 Å². The molecule has 26 heavy (non-hydrogen) atoms. The van der Waals surface area contributed by atoms with Gasteiger partial charge in [0.25, 0.3) is 5.91 Å². The molecule has 0 saturated carbocycles. The molecule has 0 aliphatic heterocycles. The van der Waals surface area contributed by atoms with E-state index in [2.05, 4.69) is 0 Å². The van der Waals surface area contributed by atoms with Gasteiger partial charge in [0.15, 0.2) is 0 Å². The number of amides is 1. The molecule has 2 aromatic rings. The summed E-state index contributed by atoms with van der Waals surface area (Å²) in [7, 11) is -3.66. The van der Waals surface area contributed by atoms with E-state index in [0.29, 0.717) is 16.7 Å². The number of sulfonamides is 1. The van der Waals surface area contributed by atoms with Crippen LogP contribution in [0.1, 0.15) is 49.2 Å². The third-order valence-corrected chi connectivity index (χ3v) is 5.48. The molecule has 1 N–H and O–H groups in total. The van der Waals surface area contributed by atoms with Crippen molar-refractivity contribution in [3.63, 3.8) is 0 Å². The third kappa shape index (κ3) is 4.30. The second kappa shape index (κ2) is 7.19. The predicted molar refractivity (Wildman–Crippen MR) is 102 cm³/mol. The predicted octanol–water partition coefficient (Wildman–Crippen LogP) is 4.18. The van der Waals surface area contributed by atoms with E-state index in [1.165, 1.54) is 19.1 Å². The standard InChI is InChI=1S/C20H24FNO3S/c1-6-26(24,25)22-19(23)14-11-10-13(2)16(12-14)15-8-7-9-17(18(15)21)20(3,4)5/h7-12H,6H2,1-5H3,(H,22,23). The van der Waals surface area contributed by atoms with Gasteiger partial charge in [0.05, 0.1) is 5.75 Å². The molecule has 0 aromatic heterocycles. The molecule has 0 fully saturated rings. The number of aryl methyl sites for hydroxylation is 1. The summed E-state index contributed by atoms with van der Waals surface area (Å²) in [4.78, 5) is 12.2. The van der Waals surface area contributed by atoms with E-state index in [4.69, 9.17) is 0 Å². The van der Waals surface area contributed by atoms with Crippen molar-refractivity contribution in [2.75, 3.05) is 5.75 Å². The van der Waals surface area contributed by atoms with Crippen molar-refractivity contribution < 1.29 is 17.6 Å². The fourth-order valence-corrected chi connectivity index (χ4v) is 3.19. The van der Waals surface area contributed by atoms with Crippen LogP contribution in [-0.4, -0.2) is 20.1 Å². The molecule has 0 bridgehead atoms. The molecule has 6 heteroatoms. The molecule has 0 aliphatic carbocycles. The molecule has 0 spiro atoms. The summed E-state index contributed by atoms with van der Waals surface area (Å²) < 4.78 is 40.4. The Balaban J connectivity index is 2.54. The Morgan fingerprint density at radius 1 is 1.12 bits per heavy atom. The van der Waals surface area contributed by atoms with Crippen molar-refractivity contribution in [1.82, 2.24) is 4.72 Å². The molecule has 0 radical (unpaired) electrons. The molecule has 4 nitrogen and oxygen atoms in total. The molecule has 0 aliphatic rings. The third-order valence-electron chi connectivity index (χ3n) is 4.22. The van der Waals surface area contributed by atoms with Crippen molar-refractivity contribution in [1.29, 1.82) is 0 Å². The maximum Gasteiger partial charge on any atom is 0.264 e. The van der Waals surface area contributed by atoms with Gasteiger partial charge in [-0.1, -0.05) is 45.0 Å². The van der Waals surface area contributed by atoms with Crippen molar-refractivity contribution in [2.45, 2.75) is 40.0 Å². The summed E-state index contributed by atoms with van der Waals surface area (Å²) in [6.07, 6.45) is 0. The lowest BCUT2D eigenvalue weighted by Crippen LogP contribution is -2.31. The number of carbonyl (C=O) groups is 1. The average molecular weight is 377 g/mol. The number of benzene rings is 2. The Hall–Kier alpha value is -2.21. The van der Waals surface area contributed by atoms with Crippen molar-refractivity contribution >= 4 is 15.9 Å². The van der Waals surface area contributed by atoms with Crippen LogP contribution in [0.5, 0.6) is 0 Å². The van der Waals surface area contributed by atoms with Crippen molar-refractivity contribution in [3.8, 4) is 11.1 Å². The fourth-order valence-electron chi connectivity index (χ4n) is 2.64. The summed E-state index contributed by atoms with van der Waals surface area (Å²) in [6, 6.07) is 9.94. The zero-order chi connectivity index (χ0) is 19.7. The second-order valence-electron chi connectivity index (χ2n) is 7.28. The molecule has 2 rings (SSSR count). The van der Waals surface area contributed by atoms with Crippen LogP contribution in [0.25, 0.3) is 11.1 Å². The van der Waals surface area contributed by atoms with Crippen LogP contribution in [0, 0.1) is 12.7 Å². The lowest BCUT2D eigenvalue weighted by molar-refractivity contribution is 0.0981. The summed E-state index contributed by atoms with van der Waals surface area (Å²) >= 11 is 0. The summed E-state index contributed by atoms with van der Waals surface area (Å²) in [5.41, 5.74) is 2.14. The Labute approximate surface area is 154 Å². The van der Waals surface area contributed by atoms with Crippen LogP contribution in [0.4, 0.5) is 4.39 Å². The molecule has 1 amide bonds. The SMILES string of the molecule is CCS(=O)(=O)NC(=O)c1ccc(C)c(-c2cccc(C(C)(C)C)c2F)c1. The van der Waals surface area contributed by atoms with Crippen molar-refractivity contribution in [2.24, 2.45) is 0 Å². The van der Waals surface area contributed by atoms with Crippen LogP contribution in [0.15, 0.2) is 36.4 Å². The molecule has 2 aromatic carbocycles. The molecule has 0 heterocycles. The molecule has 0 unspecified atom stereocenters. The Kier molecular flexibility index (Phi) is 5.56. The van der Waals surface area contributed by atoms with Gasteiger partial charge >= 0.3 is 0 Å².